The van der Waals surface area contributed by atoms with Crippen molar-refractivity contribution >= 4 is 103 Å². The van der Waals surface area contributed by atoms with E-state index in [1.165, 1.54) is 69.0 Å². The second kappa shape index (κ2) is 11.0. The lowest BCUT2D eigenvalue weighted by Crippen LogP contribution is -2.10. The van der Waals surface area contributed by atoms with Gasteiger partial charge in [0.25, 0.3) is 0 Å². The zero-order valence-corrected chi connectivity index (χ0v) is 28.3. The lowest BCUT2D eigenvalue weighted by atomic mass is 10.00. The topological polar surface area (TPSA) is 16.4 Å². The van der Waals surface area contributed by atoms with Crippen LogP contribution in [-0.4, -0.2) is 0 Å². The molecule has 2 aromatic heterocycles. The first-order valence-electron chi connectivity index (χ1n) is 17.3. The maximum atomic E-state index is 6.69. The number of rotatable bonds is 4. The van der Waals surface area contributed by atoms with Crippen LogP contribution in [-0.2, 0) is 0 Å². The molecule has 0 saturated heterocycles. The van der Waals surface area contributed by atoms with E-state index in [0.717, 1.165) is 33.6 Å². The van der Waals surface area contributed by atoms with Gasteiger partial charge in [-0.3, -0.25) is 0 Å². The van der Waals surface area contributed by atoms with Gasteiger partial charge in [-0.25, -0.2) is 0 Å². The maximum absolute atomic E-state index is 6.69. The van der Waals surface area contributed by atoms with E-state index in [9.17, 15) is 0 Å². The minimum Gasteiger partial charge on any atom is -0.456 e. The first kappa shape index (κ1) is 28.4. The van der Waals surface area contributed by atoms with Gasteiger partial charge in [-0.1, -0.05) is 127 Å². The molecule has 0 N–H and O–H groups in total. The summed E-state index contributed by atoms with van der Waals surface area (Å²) in [4.78, 5) is 2.42. The lowest BCUT2D eigenvalue weighted by Gasteiger charge is -2.27. The van der Waals surface area contributed by atoms with E-state index in [1.807, 2.05) is 11.3 Å². The van der Waals surface area contributed by atoms with Crippen LogP contribution in [0, 0.1) is 0 Å². The molecule has 0 fully saturated rings. The minimum absolute atomic E-state index is 0.885. The highest BCUT2D eigenvalue weighted by atomic mass is 32.1. The van der Waals surface area contributed by atoms with Gasteiger partial charge in [0.2, 0.25) is 0 Å². The molecule has 3 heteroatoms. The number of nitrogens with zero attached hydrogens (tertiary/aromatic N) is 1. The molecule has 0 aliphatic rings. The minimum atomic E-state index is 0.885. The number of thiophene rings is 1. The Morgan fingerprint density at radius 2 is 0.980 bits per heavy atom. The average molecular weight is 668 g/mol. The first-order chi connectivity index (χ1) is 25.3. The Hall–Kier alpha value is -6.42. The smallest absolute Gasteiger partial charge is 0.137 e. The van der Waals surface area contributed by atoms with Gasteiger partial charge in [0.05, 0.1) is 16.8 Å². The Kier molecular flexibility index (Phi) is 6.16. The molecule has 0 saturated carbocycles. The van der Waals surface area contributed by atoms with E-state index in [2.05, 4.69) is 181 Å². The van der Waals surface area contributed by atoms with Crippen LogP contribution in [0.2, 0.25) is 0 Å². The Balaban J connectivity index is 1.18. The van der Waals surface area contributed by atoms with Crippen molar-refractivity contribution in [2.24, 2.45) is 0 Å². The second-order valence-electron chi connectivity index (χ2n) is 13.3. The van der Waals surface area contributed by atoms with E-state index >= 15 is 0 Å². The zero-order chi connectivity index (χ0) is 33.5. The van der Waals surface area contributed by atoms with Gasteiger partial charge < -0.3 is 9.32 Å². The van der Waals surface area contributed by atoms with Crippen molar-refractivity contribution < 1.29 is 4.42 Å². The van der Waals surface area contributed by atoms with Crippen molar-refractivity contribution in [1.29, 1.82) is 0 Å². The number of hydrogen-bond acceptors (Lipinski definition) is 3. The standard InChI is InChI=1S/C48H29NOS/c1-2-12-34-29-35(20-19-30(34)9-1)31-21-24-36(25-22-31)49(41-16-7-13-32-10-3-5-14-37(32)41)42-17-8-18-43-45(42)46-44(50-43)28-27-40-39-26-23-33-11-4-6-15-38(33)47(39)51-48(40)46/h1-29H. The third-order valence-electron chi connectivity index (χ3n) is 10.4. The molecule has 0 unspecified atom stereocenters. The van der Waals surface area contributed by atoms with Crippen LogP contribution >= 0.6 is 11.3 Å². The van der Waals surface area contributed by atoms with E-state index < -0.39 is 0 Å². The van der Waals surface area contributed by atoms with Crippen LogP contribution in [0.25, 0.3) is 85.6 Å². The Bertz CT molecular complexity index is 3140. The molecule has 2 nitrogen and oxygen atoms in total. The van der Waals surface area contributed by atoms with E-state index in [1.54, 1.807) is 0 Å². The SMILES string of the molecule is c1ccc2cc(-c3ccc(N(c4cccc5ccccc45)c4cccc5oc6ccc7c8ccc9ccccc9c8sc7c6c45)cc3)ccc2c1. The van der Waals surface area contributed by atoms with Crippen molar-refractivity contribution in [3.05, 3.63) is 176 Å². The number of furan rings is 1. The highest BCUT2D eigenvalue weighted by Crippen LogP contribution is 2.49. The van der Waals surface area contributed by atoms with Crippen molar-refractivity contribution in [3.63, 3.8) is 0 Å². The highest BCUT2D eigenvalue weighted by molar-refractivity contribution is 7.27. The van der Waals surface area contributed by atoms with Gasteiger partial charge >= 0.3 is 0 Å². The third-order valence-corrected chi connectivity index (χ3v) is 11.7. The summed E-state index contributed by atoms with van der Waals surface area (Å²) in [6.45, 7) is 0. The summed E-state index contributed by atoms with van der Waals surface area (Å²) in [5, 5.41) is 12.3. The number of anilines is 3. The molecule has 0 spiro atoms. The summed E-state index contributed by atoms with van der Waals surface area (Å²) in [7, 11) is 0. The third kappa shape index (κ3) is 4.35. The van der Waals surface area contributed by atoms with Gasteiger partial charge in [0.15, 0.2) is 0 Å². The van der Waals surface area contributed by atoms with Gasteiger partial charge in [0.1, 0.15) is 11.2 Å². The first-order valence-corrected chi connectivity index (χ1v) is 18.2. The molecule has 0 amide bonds. The largest absolute Gasteiger partial charge is 0.456 e. The number of fused-ring (bicyclic) bond motifs is 11. The molecule has 0 aliphatic heterocycles. The maximum Gasteiger partial charge on any atom is 0.137 e. The molecule has 0 atom stereocenters. The molecule has 51 heavy (non-hydrogen) atoms. The van der Waals surface area contributed by atoms with E-state index in [4.69, 9.17) is 4.42 Å². The van der Waals surface area contributed by atoms with Crippen LogP contribution in [0.1, 0.15) is 0 Å². The molecule has 0 bridgehead atoms. The van der Waals surface area contributed by atoms with Crippen LogP contribution in [0.15, 0.2) is 180 Å². The number of benzene rings is 9. The molecular formula is C48H29NOS. The fourth-order valence-corrected chi connectivity index (χ4v) is 9.40. The molecule has 11 rings (SSSR count). The van der Waals surface area contributed by atoms with Crippen molar-refractivity contribution in [2.75, 3.05) is 4.90 Å². The lowest BCUT2D eigenvalue weighted by molar-refractivity contribution is 0.669. The van der Waals surface area contributed by atoms with Crippen LogP contribution in [0.3, 0.4) is 0 Å². The quantitative estimate of drug-likeness (QED) is 0.186. The van der Waals surface area contributed by atoms with Crippen molar-refractivity contribution in [3.8, 4) is 11.1 Å². The van der Waals surface area contributed by atoms with Gasteiger partial charge in [-0.05, 0) is 86.6 Å². The Morgan fingerprint density at radius 1 is 0.373 bits per heavy atom. The normalized spacial score (nSPS) is 11.9. The summed E-state index contributed by atoms with van der Waals surface area (Å²) in [5.41, 5.74) is 7.50. The highest BCUT2D eigenvalue weighted by Gasteiger charge is 2.23. The second-order valence-corrected chi connectivity index (χ2v) is 14.3. The fourth-order valence-electron chi connectivity index (χ4n) is 8.02. The molecule has 238 valence electrons. The summed E-state index contributed by atoms with van der Waals surface area (Å²) in [6, 6.07) is 63.6. The summed E-state index contributed by atoms with van der Waals surface area (Å²) < 4.78 is 9.26. The zero-order valence-electron chi connectivity index (χ0n) is 27.5. The molecule has 9 aromatic carbocycles. The average Bonchev–Trinajstić information content (AvgIpc) is 3.77. The Labute approximate surface area is 298 Å². The van der Waals surface area contributed by atoms with Gasteiger partial charge in [-0.2, -0.15) is 0 Å². The molecule has 0 radical (unpaired) electrons. The molecular weight excluding hydrogens is 639 g/mol. The van der Waals surface area contributed by atoms with Crippen LogP contribution in [0.5, 0.6) is 0 Å². The molecule has 11 aromatic rings. The van der Waals surface area contributed by atoms with Gasteiger partial charge in [0, 0.05) is 36.6 Å². The van der Waals surface area contributed by atoms with E-state index in [-0.39, 0.29) is 0 Å². The van der Waals surface area contributed by atoms with Gasteiger partial charge in [-0.15, -0.1) is 11.3 Å². The molecule has 2 heterocycles. The van der Waals surface area contributed by atoms with Crippen LogP contribution < -0.4 is 4.90 Å². The predicted octanol–water partition coefficient (Wildman–Crippen LogP) is 14.6. The predicted molar refractivity (Wildman–Crippen MR) is 219 cm³/mol. The van der Waals surface area contributed by atoms with Crippen molar-refractivity contribution in [1.82, 2.24) is 0 Å². The van der Waals surface area contributed by atoms with Crippen LogP contribution in [0.4, 0.5) is 17.1 Å². The summed E-state index contributed by atoms with van der Waals surface area (Å²) in [6.07, 6.45) is 0. The Morgan fingerprint density at radius 3 is 1.84 bits per heavy atom. The summed E-state index contributed by atoms with van der Waals surface area (Å²) in [5.74, 6) is 0. The fraction of sp³-hybridized carbons (Fsp3) is 0. The van der Waals surface area contributed by atoms with E-state index in [0.29, 0.717) is 0 Å². The monoisotopic (exact) mass is 667 g/mol. The number of hydrogen-bond donors (Lipinski definition) is 0. The summed E-state index contributed by atoms with van der Waals surface area (Å²) >= 11 is 1.88. The molecule has 0 aliphatic carbocycles. The van der Waals surface area contributed by atoms with Crippen molar-refractivity contribution in [2.45, 2.75) is 0 Å².